The molecule has 1 aliphatic rings. The lowest BCUT2D eigenvalue weighted by Gasteiger charge is -2.25. The number of likely N-dealkylation sites (tertiary alicyclic amines) is 1. The van der Waals surface area contributed by atoms with Gasteiger partial charge in [-0.25, -0.2) is 0 Å². The van der Waals surface area contributed by atoms with E-state index in [1.807, 2.05) is 0 Å². The monoisotopic (exact) mass is 218 g/mol. The molecule has 0 aliphatic carbocycles. The number of rotatable bonds is 1. The van der Waals surface area contributed by atoms with Crippen LogP contribution >= 0.6 is 0 Å². The Morgan fingerprint density at radius 2 is 1.75 bits per heavy atom. The first-order valence-corrected chi connectivity index (χ1v) is 6.04. The largest absolute Gasteiger partial charge is 0.326 e. The van der Waals surface area contributed by atoms with Gasteiger partial charge in [0.25, 0.3) is 0 Å². The minimum absolute atomic E-state index is 0.283. The second-order valence-corrected chi connectivity index (χ2v) is 5.17. The van der Waals surface area contributed by atoms with Crippen molar-refractivity contribution in [2.45, 2.75) is 39.3 Å². The molecular formula is C14H22N2. The van der Waals surface area contributed by atoms with E-state index in [-0.39, 0.29) is 6.04 Å². The summed E-state index contributed by atoms with van der Waals surface area (Å²) in [6.07, 6.45) is 1.10. The summed E-state index contributed by atoms with van der Waals surface area (Å²) in [5.41, 5.74) is 11.7. The standard InChI is InChI=1S/C14H22N2/c1-9-7-11(3)12(8-10(9)2)14-13(15)5-6-16(14)4/h7-8,13-14H,5-6,15H2,1-4H3. The number of nitrogens with two attached hydrogens (primary N) is 1. The fourth-order valence-corrected chi connectivity index (χ4v) is 2.75. The van der Waals surface area contributed by atoms with Crippen LogP contribution < -0.4 is 5.73 Å². The topological polar surface area (TPSA) is 29.3 Å². The van der Waals surface area contributed by atoms with Crippen LogP contribution in [0.2, 0.25) is 0 Å². The van der Waals surface area contributed by atoms with Crippen molar-refractivity contribution in [3.8, 4) is 0 Å². The number of likely N-dealkylation sites (N-methyl/N-ethyl adjacent to an activating group) is 1. The summed E-state index contributed by atoms with van der Waals surface area (Å²) in [7, 11) is 2.17. The zero-order chi connectivity index (χ0) is 11.9. The normalized spacial score (nSPS) is 26.3. The Hall–Kier alpha value is -0.860. The maximum absolute atomic E-state index is 6.22. The Bertz CT molecular complexity index is 388. The molecular weight excluding hydrogens is 196 g/mol. The number of benzene rings is 1. The molecule has 1 fully saturated rings. The van der Waals surface area contributed by atoms with Gasteiger partial charge in [0.2, 0.25) is 0 Å². The molecule has 0 saturated carbocycles. The van der Waals surface area contributed by atoms with E-state index in [9.17, 15) is 0 Å². The van der Waals surface area contributed by atoms with Gasteiger partial charge in [0.15, 0.2) is 0 Å². The van der Waals surface area contributed by atoms with Crippen molar-refractivity contribution in [1.29, 1.82) is 0 Å². The molecule has 2 atom stereocenters. The molecule has 2 N–H and O–H groups in total. The van der Waals surface area contributed by atoms with Crippen LogP contribution in [0, 0.1) is 20.8 Å². The first kappa shape index (κ1) is 11.6. The predicted molar refractivity (Wildman–Crippen MR) is 68.6 cm³/mol. The Labute approximate surface area is 98.4 Å². The van der Waals surface area contributed by atoms with E-state index >= 15 is 0 Å². The zero-order valence-electron chi connectivity index (χ0n) is 10.7. The van der Waals surface area contributed by atoms with E-state index in [0.717, 1.165) is 13.0 Å². The number of hydrogen-bond donors (Lipinski definition) is 1. The molecule has 0 aromatic heterocycles. The van der Waals surface area contributed by atoms with E-state index in [0.29, 0.717) is 6.04 Å². The summed E-state index contributed by atoms with van der Waals surface area (Å²) >= 11 is 0. The highest BCUT2D eigenvalue weighted by Gasteiger charge is 2.31. The highest BCUT2D eigenvalue weighted by molar-refractivity contribution is 5.39. The second-order valence-electron chi connectivity index (χ2n) is 5.17. The van der Waals surface area contributed by atoms with Crippen LogP contribution in [0.1, 0.15) is 34.7 Å². The average Bonchev–Trinajstić information content (AvgIpc) is 2.53. The Kier molecular flexibility index (Phi) is 3.04. The molecule has 2 rings (SSSR count). The molecule has 2 nitrogen and oxygen atoms in total. The summed E-state index contributed by atoms with van der Waals surface area (Å²) in [5, 5.41) is 0. The summed E-state index contributed by atoms with van der Waals surface area (Å²) < 4.78 is 0. The minimum atomic E-state index is 0.283. The van der Waals surface area contributed by atoms with Crippen LogP contribution in [0.5, 0.6) is 0 Å². The molecule has 2 unspecified atom stereocenters. The first-order valence-electron chi connectivity index (χ1n) is 6.04. The van der Waals surface area contributed by atoms with E-state index in [1.165, 1.54) is 22.3 Å². The third-order valence-electron chi connectivity index (χ3n) is 3.90. The molecule has 1 aromatic carbocycles. The summed E-state index contributed by atoms with van der Waals surface area (Å²) in [4.78, 5) is 2.38. The molecule has 16 heavy (non-hydrogen) atoms. The Balaban J connectivity index is 2.43. The smallest absolute Gasteiger partial charge is 0.0499 e. The maximum Gasteiger partial charge on any atom is 0.0499 e. The van der Waals surface area contributed by atoms with Gasteiger partial charge in [0.05, 0.1) is 0 Å². The van der Waals surface area contributed by atoms with Crippen molar-refractivity contribution < 1.29 is 0 Å². The molecule has 0 amide bonds. The van der Waals surface area contributed by atoms with Crippen molar-refractivity contribution >= 4 is 0 Å². The van der Waals surface area contributed by atoms with Gasteiger partial charge in [-0.15, -0.1) is 0 Å². The molecule has 88 valence electrons. The van der Waals surface area contributed by atoms with Crippen molar-refractivity contribution in [2.24, 2.45) is 5.73 Å². The van der Waals surface area contributed by atoms with Gasteiger partial charge in [-0.1, -0.05) is 12.1 Å². The maximum atomic E-state index is 6.22. The molecule has 0 radical (unpaired) electrons. The molecule has 0 bridgehead atoms. The summed E-state index contributed by atoms with van der Waals surface area (Å²) in [6, 6.07) is 5.28. The number of aryl methyl sites for hydroxylation is 3. The molecule has 0 spiro atoms. The molecule has 1 aromatic rings. The van der Waals surface area contributed by atoms with Gasteiger partial charge < -0.3 is 5.73 Å². The van der Waals surface area contributed by atoms with E-state index in [4.69, 9.17) is 5.73 Å². The van der Waals surface area contributed by atoms with Crippen molar-refractivity contribution in [3.05, 3.63) is 34.4 Å². The van der Waals surface area contributed by atoms with Crippen LogP contribution in [-0.4, -0.2) is 24.5 Å². The fourth-order valence-electron chi connectivity index (χ4n) is 2.75. The SMILES string of the molecule is Cc1cc(C)c(C2C(N)CCN2C)cc1C. The molecule has 1 saturated heterocycles. The van der Waals surface area contributed by atoms with Gasteiger partial charge in [0.1, 0.15) is 0 Å². The minimum Gasteiger partial charge on any atom is -0.326 e. The van der Waals surface area contributed by atoms with Crippen LogP contribution in [0.4, 0.5) is 0 Å². The predicted octanol–water partition coefficient (Wildman–Crippen LogP) is 2.32. The average molecular weight is 218 g/mol. The van der Waals surface area contributed by atoms with Gasteiger partial charge >= 0.3 is 0 Å². The lowest BCUT2D eigenvalue weighted by Crippen LogP contribution is -2.30. The Morgan fingerprint density at radius 3 is 2.31 bits per heavy atom. The lowest BCUT2D eigenvalue weighted by molar-refractivity contribution is 0.303. The quantitative estimate of drug-likeness (QED) is 0.784. The fraction of sp³-hybridized carbons (Fsp3) is 0.571. The van der Waals surface area contributed by atoms with Gasteiger partial charge in [-0.3, -0.25) is 4.90 Å². The zero-order valence-corrected chi connectivity index (χ0v) is 10.7. The number of nitrogens with zero attached hydrogens (tertiary/aromatic N) is 1. The van der Waals surface area contributed by atoms with Crippen LogP contribution in [0.25, 0.3) is 0 Å². The van der Waals surface area contributed by atoms with Crippen molar-refractivity contribution in [1.82, 2.24) is 4.90 Å². The summed E-state index contributed by atoms with van der Waals surface area (Å²) in [5.74, 6) is 0. The third-order valence-corrected chi connectivity index (χ3v) is 3.90. The number of hydrogen-bond acceptors (Lipinski definition) is 2. The third kappa shape index (κ3) is 1.87. The van der Waals surface area contributed by atoms with Crippen LogP contribution in [0.15, 0.2) is 12.1 Å². The highest BCUT2D eigenvalue weighted by Crippen LogP contribution is 2.32. The Morgan fingerprint density at radius 1 is 1.12 bits per heavy atom. The van der Waals surface area contributed by atoms with Gasteiger partial charge in [0, 0.05) is 18.6 Å². The van der Waals surface area contributed by atoms with E-state index in [1.54, 1.807) is 0 Å². The lowest BCUT2D eigenvalue weighted by atomic mass is 9.93. The molecule has 1 aliphatic heterocycles. The van der Waals surface area contributed by atoms with Crippen LogP contribution in [0.3, 0.4) is 0 Å². The second kappa shape index (κ2) is 4.19. The van der Waals surface area contributed by atoms with E-state index < -0.39 is 0 Å². The molecule has 1 heterocycles. The van der Waals surface area contributed by atoms with Crippen LogP contribution in [-0.2, 0) is 0 Å². The van der Waals surface area contributed by atoms with Crippen molar-refractivity contribution in [3.63, 3.8) is 0 Å². The first-order chi connectivity index (χ1) is 7.50. The van der Waals surface area contributed by atoms with Gasteiger partial charge in [-0.2, -0.15) is 0 Å². The highest BCUT2D eigenvalue weighted by atomic mass is 15.2. The van der Waals surface area contributed by atoms with Crippen molar-refractivity contribution in [2.75, 3.05) is 13.6 Å². The molecule has 2 heteroatoms. The van der Waals surface area contributed by atoms with E-state index in [2.05, 4.69) is 44.9 Å². The van der Waals surface area contributed by atoms with Gasteiger partial charge in [-0.05, 0) is 56.5 Å². The summed E-state index contributed by atoms with van der Waals surface area (Å²) in [6.45, 7) is 7.65.